The number of piperidine rings is 1. The van der Waals surface area contributed by atoms with E-state index >= 15 is 4.79 Å². The maximum absolute atomic E-state index is 15.2. The van der Waals surface area contributed by atoms with Gasteiger partial charge in [0.2, 0.25) is 17.7 Å². The molecule has 8 rings (SSSR count). The zero-order valence-electron chi connectivity index (χ0n) is 31.3. The zero-order valence-corrected chi connectivity index (χ0v) is 31.3. The summed E-state index contributed by atoms with van der Waals surface area (Å²) in [5.74, 6) is -1.36. The minimum atomic E-state index is -1.06. The largest absolute Gasteiger partial charge is 0.445 e. The topological polar surface area (TPSA) is 117 Å². The van der Waals surface area contributed by atoms with E-state index in [-0.39, 0.29) is 35.7 Å². The van der Waals surface area contributed by atoms with Gasteiger partial charge in [0.25, 0.3) is 0 Å². The summed E-state index contributed by atoms with van der Waals surface area (Å²) in [5.41, 5.74) is 5.30. The van der Waals surface area contributed by atoms with Crippen molar-refractivity contribution in [2.45, 2.75) is 77.1 Å². The molecule has 4 atom stereocenters. The summed E-state index contributed by atoms with van der Waals surface area (Å²) in [5, 5.41) is 8.44. The van der Waals surface area contributed by atoms with Crippen LogP contribution in [-0.2, 0) is 45.7 Å². The summed E-state index contributed by atoms with van der Waals surface area (Å²) in [4.78, 5) is 62.7. The van der Waals surface area contributed by atoms with Crippen molar-refractivity contribution in [2.24, 2.45) is 24.3 Å². The first-order valence-electron chi connectivity index (χ1n) is 19.5. The number of nitrogens with zero attached hydrogens (tertiary/aromatic N) is 5. The van der Waals surface area contributed by atoms with Crippen molar-refractivity contribution in [1.29, 1.82) is 0 Å². The standard InChI is InChI=1S/C43H50N6O5/c1-29-10-12-30(13-11-29)21-33-23-37(39(50)44-24-32-14-15-36-34(22-32)25-45-46(36)2)49(26-33)41(52)38-35(40(51)47-20-18-43(28-47)16-17-43)9-6-19-48(38)42(53)54-27-31-7-4-3-5-8-31/h3-5,7-8,10-15,22,25,33,35,37-38H,6,9,16-21,23-24,26-28H2,1-2H3,(H,44,50)/t33-,35+,37+,38-/m1/s1. The molecule has 3 aliphatic heterocycles. The molecule has 3 aromatic carbocycles. The van der Waals surface area contributed by atoms with Crippen LogP contribution >= 0.6 is 0 Å². The maximum atomic E-state index is 15.2. The molecule has 0 bridgehead atoms. The molecule has 1 aliphatic carbocycles. The highest BCUT2D eigenvalue weighted by atomic mass is 16.6. The molecule has 4 amide bonds. The van der Waals surface area contributed by atoms with Crippen molar-refractivity contribution in [3.05, 3.63) is 101 Å². The van der Waals surface area contributed by atoms with Crippen molar-refractivity contribution >= 4 is 34.7 Å². The van der Waals surface area contributed by atoms with Gasteiger partial charge in [0.05, 0.1) is 17.6 Å². The van der Waals surface area contributed by atoms with Gasteiger partial charge in [-0.15, -0.1) is 0 Å². The Kier molecular flexibility index (Phi) is 9.89. The number of aromatic nitrogens is 2. The van der Waals surface area contributed by atoms with Crippen molar-refractivity contribution in [2.75, 3.05) is 26.2 Å². The Morgan fingerprint density at radius 3 is 2.43 bits per heavy atom. The Hall–Kier alpha value is -5.19. The predicted molar refractivity (Wildman–Crippen MR) is 204 cm³/mol. The van der Waals surface area contributed by atoms with Crippen LogP contribution in [0.1, 0.15) is 60.8 Å². The Morgan fingerprint density at radius 2 is 1.67 bits per heavy atom. The number of fused-ring (bicyclic) bond motifs is 1. The summed E-state index contributed by atoms with van der Waals surface area (Å²) in [7, 11) is 1.89. The van der Waals surface area contributed by atoms with Crippen molar-refractivity contribution in [3.8, 4) is 0 Å². The average molecular weight is 731 g/mol. The summed E-state index contributed by atoms with van der Waals surface area (Å²) >= 11 is 0. The molecule has 11 nitrogen and oxygen atoms in total. The van der Waals surface area contributed by atoms with E-state index in [9.17, 15) is 14.4 Å². The second-order valence-corrected chi connectivity index (χ2v) is 16.1. The number of carbonyl (C=O) groups is 4. The van der Waals surface area contributed by atoms with Gasteiger partial charge < -0.3 is 19.9 Å². The highest BCUT2D eigenvalue weighted by Crippen LogP contribution is 2.53. The molecule has 1 saturated carbocycles. The quantitative estimate of drug-likeness (QED) is 0.247. The van der Waals surface area contributed by atoms with Crippen LogP contribution in [0.4, 0.5) is 4.79 Å². The first-order chi connectivity index (χ1) is 26.2. The molecule has 0 radical (unpaired) electrons. The van der Waals surface area contributed by atoms with Crippen LogP contribution in [0.3, 0.4) is 0 Å². The SMILES string of the molecule is Cc1ccc(C[C@@H]2C[C@@H](C(=O)NCc3ccc4c(cnn4C)c3)N(C(=O)[C@H]3[C@@H](C(=O)N4CCC5(CC5)C4)CCCN3C(=O)OCc3ccccc3)C2)cc1. The molecule has 11 heteroatoms. The van der Waals surface area contributed by atoms with Gasteiger partial charge in [-0.3, -0.25) is 24.0 Å². The molecule has 1 N–H and O–H groups in total. The van der Waals surface area contributed by atoms with Crippen LogP contribution in [0.15, 0.2) is 79.0 Å². The molecule has 4 fully saturated rings. The molecule has 4 aliphatic rings. The molecule has 4 aromatic rings. The lowest BCUT2D eigenvalue weighted by molar-refractivity contribution is -0.151. The minimum absolute atomic E-state index is 0.0173. The lowest BCUT2D eigenvalue weighted by Gasteiger charge is -2.42. The number of nitrogens with one attached hydrogen (secondary N) is 1. The van der Waals surface area contributed by atoms with Gasteiger partial charge in [-0.1, -0.05) is 66.2 Å². The highest BCUT2D eigenvalue weighted by Gasteiger charge is 2.53. The van der Waals surface area contributed by atoms with Gasteiger partial charge in [0.1, 0.15) is 18.7 Å². The van der Waals surface area contributed by atoms with Crippen LogP contribution in [0, 0.1) is 24.2 Å². The molecular formula is C43H50N6O5. The molecule has 54 heavy (non-hydrogen) atoms. The number of carbonyl (C=O) groups excluding carboxylic acids is 4. The van der Waals surface area contributed by atoms with E-state index in [4.69, 9.17) is 4.74 Å². The third-order valence-electron chi connectivity index (χ3n) is 12.2. The maximum Gasteiger partial charge on any atom is 0.410 e. The Bertz CT molecular complexity index is 2020. The Labute approximate surface area is 316 Å². The lowest BCUT2D eigenvalue weighted by atomic mass is 9.86. The lowest BCUT2D eigenvalue weighted by Crippen LogP contribution is -2.61. The van der Waals surface area contributed by atoms with Crippen LogP contribution in [0.5, 0.6) is 0 Å². The van der Waals surface area contributed by atoms with Crippen LogP contribution in [0.25, 0.3) is 10.9 Å². The number of likely N-dealkylation sites (tertiary alicyclic amines) is 3. The number of hydrogen-bond donors (Lipinski definition) is 1. The van der Waals surface area contributed by atoms with Gasteiger partial charge in [-0.25, -0.2) is 4.79 Å². The van der Waals surface area contributed by atoms with Crippen LogP contribution in [0.2, 0.25) is 0 Å². The average Bonchev–Trinajstić information content (AvgIpc) is 3.44. The van der Waals surface area contributed by atoms with Gasteiger partial charge in [0.15, 0.2) is 0 Å². The van der Waals surface area contributed by atoms with Crippen molar-refractivity contribution < 1.29 is 23.9 Å². The smallest absolute Gasteiger partial charge is 0.410 e. The van der Waals surface area contributed by atoms with E-state index in [2.05, 4.69) is 41.6 Å². The monoisotopic (exact) mass is 730 g/mol. The molecule has 1 aromatic heterocycles. The first-order valence-corrected chi connectivity index (χ1v) is 19.5. The fraction of sp³-hybridized carbons (Fsp3) is 0.465. The highest BCUT2D eigenvalue weighted by molar-refractivity contribution is 5.96. The first kappa shape index (κ1) is 35.8. The van der Waals surface area contributed by atoms with E-state index in [1.807, 2.05) is 65.2 Å². The molecule has 282 valence electrons. The second kappa shape index (κ2) is 14.9. The fourth-order valence-electron chi connectivity index (χ4n) is 8.93. The molecule has 3 saturated heterocycles. The minimum Gasteiger partial charge on any atom is -0.445 e. The summed E-state index contributed by atoms with van der Waals surface area (Å²) in [6.45, 7) is 4.44. The van der Waals surface area contributed by atoms with Crippen molar-refractivity contribution in [1.82, 2.24) is 29.8 Å². The van der Waals surface area contributed by atoms with E-state index < -0.39 is 24.1 Å². The van der Waals surface area contributed by atoms with Gasteiger partial charge in [-0.2, -0.15) is 5.10 Å². The van der Waals surface area contributed by atoms with Crippen LogP contribution in [-0.4, -0.2) is 86.6 Å². The van der Waals surface area contributed by atoms with E-state index in [1.165, 1.54) is 10.5 Å². The Balaban J connectivity index is 1.06. The normalized spacial score (nSPS) is 23.2. The zero-order chi connectivity index (χ0) is 37.4. The number of aryl methyl sites for hydroxylation is 2. The van der Waals surface area contributed by atoms with Crippen LogP contribution < -0.4 is 5.32 Å². The van der Waals surface area contributed by atoms with E-state index in [0.717, 1.165) is 46.9 Å². The fourth-order valence-corrected chi connectivity index (χ4v) is 8.93. The molecule has 1 spiro atoms. The number of ether oxygens (including phenoxy) is 1. The molecule has 0 unspecified atom stereocenters. The molecular weight excluding hydrogens is 681 g/mol. The number of hydrogen-bond acceptors (Lipinski definition) is 6. The van der Waals surface area contributed by atoms with Crippen molar-refractivity contribution in [3.63, 3.8) is 0 Å². The van der Waals surface area contributed by atoms with E-state index in [1.54, 1.807) is 11.1 Å². The van der Waals surface area contributed by atoms with Gasteiger partial charge in [-0.05, 0) is 92.0 Å². The predicted octanol–water partition coefficient (Wildman–Crippen LogP) is 5.39. The van der Waals surface area contributed by atoms with E-state index in [0.29, 0.717) is 58.4 Å². The third-order valence-corrected chi connectivity index (χ3v) is 12.2. The summed E-state index contributed by atoms with van der Waals surface area (Å²) in [6, 6.07) is 22.0. The van der Waals surface area contributed by atoms with Gasteiger partial charge >= 0.3 is 6.09 Å². The second-order valence-electron chi connectivity index (χ2n) is 16.1. The third kappa shape index (κ3) is 7.45. The molecule has 4 heterocycles. The summed E-state index contributed by atoms with van der Waals surface area (Å²) in [6.07, 6.45) is 6.69. The number of amides is 4. The number of benzene rings is 3. The Morgan fingerprint density at radius 1 is 0.889 bits per heavy atom. The van der Waals surface area contributed by atoms with Gasteiger partial charge in [0, 0.05) is 45.2 Å². The summed E-state index contributed by atoms with van der Waals surface area (Å²) < 4.78 is 7.63. The number of rotatable bonds is 9.